The standard InChI is InChI=1S/C10H16N4O2S/c1-4-6-12-8(15-3)7(14-10(11)17)9(13-6)16-5-2/h4-5H2,1-3H3,(H3,11,14,17). The second-order valence-electron chi connectivity index (χ2n) is 3.11. The molecule has 0 unspecified atom stereocenters. The number of aromatic nitrogens is 2. The number of nitrogens with two attached hydrogens (primary N) is 1. The van der Waals surface area contributed by atoms with E-state index in [9.17, 15) is 0 Å². The number of nitrogens with zero attached hydrogens (tertiary/aromatic N) is 2. The Kier molecular flexibility index (Phi) is 4.89. The third-order valence-corrected chi connectivity index (χ3v) is 2.03. The van der Waals surface area contributed by atoms with Crippen LogP contribution in [-0.2, 0) is 6.42 Å². The summed E-state index contributed by atoms with van der Waals surface area (Å²) in [6.07, 6.45) is 0.684. The molecular formula is C10H16N4O2S. The van der Waals surface area contributed by atoms with Crippen LogP contribution in [0.15, 0.2) is 0 Å². The quantitative estimate of drug-likeness (QED) is 0.763. The lowest BCUT2D eigenvalue weighted by molar-refractivity contribution is 0.321. The minimum atomic E-state index is 0.108. The molecule has 17 heavy (non-hydrogen) atoms. The van der Waals surface area contributed by atoms with Crippen LogP contribution in [0.5, 0.6) is 11.8 Å². The molecule has 1 aromatic rings. The first-order valence-electron chi connectivity index (χ1n) is 5.26. The Morgan fingerprint density at radius 1 is 1.35 bits per heavy atom. The van der Waals surface area contributed by atoms with E-state index in [1.165, 1.54) is 7.11 Å². The summed E-state index contributed by atoms with van der Waals surface area (Å²) in [7, 11) is 1.52. The van der Waals surface area contributed by atoms with E-state index in [1.54, 1.807) is 0 Å². The fraction of sp³-hybridized carbons (Fsp3) is 0.500. The van der Waals surface area contributed by atoms with Crippen molar-refractivity contribution in [1.29, 1.82) is 0 Å². The summed E-state index contributed by atoms with van der Waals surface area (Å²) in [4.78, 5) is 8.47. The normalized spacial score (nSPS) is 9.82. The molecule has 0 saturated heterocycles. The summed E-state index contributed by atoms with van der Waals surface area (Å²) in [5.41, 5.74) is 5.89. The molecule has 1 heterocycles. The molecule has 0 saturated carbocycles. The first-order chi connectivity index (χ1) is 8.12. The predicted molar refractivity (Wildman–Crippen MR) is 69.5 cm³/mol. The molecule has 7 heteroatoms. The number of rotatable bonds is 5. The second kappa shape index (κ2) is 6.19. The van der Waals surface area contributed by atoms with Gasteiger partial charge in [-0.2, -0.15) is 9.97 Å². The topological polar surface area (TPSA) is 82.3 Å². The van der Waals surface area contributed by atoms with E-state index in [-0.39, 0.29) is 5.11 Å². The fourth-order valence-corrected chi connectivity index (χ4v) is 1.34. The maximum absolute atomic E-state index is 5.44. The van der Waals surface area contributed by atoms with Crippen LogP contribution in [0.4, 0.5) is 5.69 Å². The van der Waals surface area contributed by atoms with E-state index in [2.05, 4.69) is 15.3 Å². The zero-order chi connectivity index (χ0) is 12.8. The van der Waals surface area contributed by atoms with Crippen LogP contribution < -0.4 is 20.5 Å². The average molecular weight is 256 g/mol. The van der Waals surface area contributed by atoms with Gasteiger partial charge in [0, 0.05) is 6.42 Å². The Bertz CT molecular complexity index is 412. The van der Waals surface area contributed by atoms with Crippen molar-refractivity contribution < 1.29 is 9.47 Å². The summed E-state index contributed by atoms with van der Waals surface area (Å²) in [6, 6.07) is 0. The highest BCUT2D eigenvalue weighted by atomic mass is 32.1. The van der Waals surface area contributed by atoms with E-state index < -0.39 is 0 Å². The first-order valence-corrected chi connectivity index (χ1v) is 5.67. The van der Waals surface area contributed by atoms with Gasteiger partial charge >= 0.3 is 0 Å². The first kappa shape index (κ1) is 13.4. The number of methoxy groups -OCH3 is 1. The lowest BCUT2D eigenvalue weighted by Crippen LogP contribution is -2.21. The van der Waals surface area contributed by atoms with Crippen molar-refractivity contribution in [2.24, 2.45) is 5.73 Å². The molecule has 0 aliphatic carbocycles. The third kappa shape index (κ3) is 3.42. The summed E-state index contributed by atoms with van der Waals surface area (Å²) in [5.74, 6) is 1.40. The monoisotopic (exact) mass is 256 g/mol. The maximum atomic E-state index is 5.44. The van der Waals surface area contributed by atoms with Crippen molar-refractivity contribution in [3.8, 4) is 11.8 Å². The maximum Gasteiger partial charge on any atom is 0.245 e. The molecule has 0 spiro atoms. The van der Waals surface area contributed by atoms with Crippen LogP contribution in [0, 0.1) is 0 Å². The van der Waals surface area contributed by atoms with Crippen molar-refractivity contribution >= 4 is 23.0 Å². The lowest BCUT2D eigenvalue weighted by Gasteiger charge is -2.14. The molecule has 0 bridgehead atoms. The van der Waals surface area contributed by atoms with Crippen molar-refractivity contribution in [3.05, 3.63) is 5.82 Å². The van der Waals surface area contributed by atoms with Gasteiger partial charge in [-0.3, -0.25) is 0 Å². The van der Waals surface area contributed by atoms with E-state index in [0.29, 0.717) is 36.3 Å². The number of nitrogens with one attached hydrogen (secondary N) is 1. The Hall–Kier alpha value is -1.63. The van der Waals surface area contributed by atoms with E-state index >= 15 is 0 Å². The van der Waals surface area contributed by atoms with Crippen LogP contribution in [0.1, 0.15) is 19.7 Å². The van der Waals surface area contributed by atoms with Gasteiger partial charge in [0.15, 0.2) is 10.8 Å². The van der Waals surface area contributed by atoms with Crippen molar-refractivity contribution in [2.75, 3.05) is 19.0 Å². The Balaban J connectivity index is 3.24. The second-order valence-corrected chi connectivity index (χ2v) is 3.54. The Morgan fingerprint density at radius 3 is 2.47 bits per heavy atom. The molecule has 3 N–H and O–H groups in total. The number of anilines is 1. The van der Waals surface area contributed by atoms with Gasteiger partial charge in [-0.25, -0.2) is 0 Å². The van der Waals surface area contributed by atoms with Crippen molar-refractivity contribution in [3.63, 3.8) is 0 Å². The van der Waals surface area contributed by atoms with Crippen molar-refractivity contribution in [2.45, 2.75) is 20.3 Å². The fourth-order valence-electron chi connectivity index (χ4n) is 1.24. The number of hydrogen-bond donors (Lipinski definition) is 2. The smallest absolute Gasteiger partial charge is 0.245 e. The molecule has 0 atom stereocenters. The number of hydrogen-bond acceptors (Lipinski definition) is 5. The van der Waals surface area contributed by atoms with Crippen LogP contribution in [-0.4, -0.2) is 28.8 Å². The van der Waals surface area contributed by atoms with E-state index in [0.717, 1.165) is 0 Å². The van der Waals surface area contributed by atoms with Gasteiger partial charge in [0.05, 0.1) is 13.7 Å². The molecule has 1 aromatic heterocycles. The van der Waals surface area contributed by atoms with E-state index in [1.807, 2.05) is 13.8 Å². The Labute approximate surface area is 106 Å². The molecule has 94 valence electrons. The zero-order valence-electron chi connectivity index (χ0n) is 10.1. The molecule has 0 fully saturated rings. The molecule has 1 rings (SSSR count). The largest absolute Gasteiger partial charge is 0.479 e. The molecule has 0 aliphatic rings. The zero-order valence-corrected chi connectivity index (χ0v) is 10.9. The molecule has 0 aromatic carbocycles. The summed E-state index contributed by atoms with van der Waals surface area (Å²) in [6.45, 7) is 4.30. The van der Waals surface area contributed by atoms with Crippen LogP contribution in [0.2, 0.25) is 0 Å². The molecule has 6 nitrogen and oxygen atoms in total. The van der Waals surface area contributed by atoms with Gasteiger partial charge in [0.2, 0.25) is 11.8 Å². The summed E-state index contributed by atoms with van der Waals surface area (Å²) >= 11 is 4.79. The van der Waals surface area contributed by atoms with Gasteiger partial charge in [0.25, 0.3) is 0 Å². The van der Waals surface area contributed by atoms with Crippen LogP contribution in [0.25, 0.3) is 0 Å². The van der Waals surface area contributed by atoms with E-state index in [4.69, 9.17) is 27.4 Å². The highest BCUT2D eigenvalue weighted by molar-refractivity contribution is 7.80. The highest BCUT2D eigenvalue weighted by Gasteiger charge is 2.16. The summed E-state index contributed by atoms with van der Waals surface area (Å²) in [5, 5.41) is 2.87. The molecule has 0 aliphatic heterocycles. The van der Waals surface area contributed by atoms with Crippen molar-refractivity contribution in [1.82, 2.24) is 9.97 Å². The minimum Gasteiger partial charge on any atom is -0.479 e. The van der Waals surface area contributed by atoms with Crippen LogP contribution in [0.3, 0.4) is 0 Å². The van der Waals surface area contributed by atoms with Gasteiger partial charge in [0.1, 0.15) is 5.82 Å². The van der Waals surface area contributed by atoms with Gasteiger partial charge in [-0.15, -0.1) is 0 Å². The molecule has 0 amide bonds. The Morgan fingerprint density at radius 2 is 2.00 bits per heavy atom. The number of ether oxygens (including phenoxy) is 2. The SMILES string of the molecule is CCOc1nc(CC)nc(OC)c1NC(N)=S. The molecule has 0 radical (unpaired) electrons. The summed E-state index contributed by atoms with van der Waals surface area (Å²) < 4.78 is 10.6. The predicted octanol–water partition coefficient (Wildman–Crippen LogP) is 1.10. The number of thiocarbonyl (C=S) groups is 1. The van der Waals surface area contributed by atoms with Gasteiger partial charge in [-0.05, 0) is 19.1 Å². The lowest BCUT2D eigenvalue weighted by atomic mass is 10.4. The van der Waals surface area contributed by atoms with Crippen LogP contribution >= 0.6 is 12.2 Å². The van der Waals surface area contributed by atoms with Gasteiger partial charge < -0.3 is 20.5 Å². The number of aryl methyl sites for hydroxylation is 1. The molecular weight excluding hydrogens is 240 g/mol. The third-order valence-electron chi connectivity index (χ3n) is 1.93. The highest BCUT2D eigenvalue weighted by Crippen LogP contribution is 2.31. The average Bonchev–Trinajstić information content (AvgIpc) is 2.30. The minimum absolute atomic E-state index is 0.108. The van der Waals surface area contributed by atoms with Gasteiger partial charge in [-0.1, -0.05) is 6.92 Å².